The summed E-state index contributed by atoms with van der Waals surface area (Å²) < 4.78 is 1.89. The smallest absolute Gasteiger partial charge is 0.259 e. The van der Waals surface area contributed by atoms with Crippen LogP contribution in [0.5, 0.6) is 0 Å². The van der Waals surface area contributed by atoms with E-state index in [9.17, 15) is 4.79 Å². The van der Waals surface area contributed by atoms with Crippen molar-refractivity contribution in [2.24, 2.45) is 0 Å². The minimum absolute atomic E-state index is 0.00404. The number of anilines is 1. The molecule has 0 N–H and O–H groups in total. The molecule has 1 aliphatic heterocycles. The van der Waals surface area contributed by atoms with Crippen LogP contribution in [0.25, 0.3) is 22.3 Å². The molecule has 5 rings (SSSR count). The normalized spacial score (nSPS) is 13.6. The lowest BCUT2D eigenvalue weighted by Crippen LogP contribution is -2.35. The molecule has 0 radical (unpaired) electrons. The van der Waals surface area contributed by atoms with Crippen LogP contribution in [0.4, 0.5) is 5.69 Å². The molecule has 0 spiro atoms. The van der Waals surface area contributed by atoms with Gasteiger partial charge in [-0.05, 0) is 32.0 Å². The van der Waals surface area contributed by atoms with Gasteiger partial charge in [-0.2, -0.15) is 5.10 Å². The molecule has 0 atom stereocenters. The third-order valence-electron chi connectivity index (χ3n) is 5.33. The Morgan fingerprint density at radius 2 is 1.83 bits per heavy atom. The average molecular weight is 415 g/mol. The van der Waals surface area contributed by atoms with E-state index in [1.54, 1.807) is 18.0 Å². The minimum atomic E-state index is -0.00404. The van der Waals surface area contributed by atoms with Crippen LogP contribution in [0.15, 0.2) is 71.8 Å². The van der Waals surface area contributed by atoms with Crippen molar-refractivity contribution in [1.82, 2.24) is 14.8 Å². The second-order valence-corrected chi connectivity index (χ2v) is 8.75. The number of para-hydroxylation sites is 1. The molecule has 150 valence electrons. The Morgan fingerprint density at radius 3 is 2.63 bits per heavy atom. The molecule has 30 heavy (non-hydrogen) atoms. The Morgan fingerprint density at radius 1 is 1.07 bits per heavy atom. The fourth-order valence-electron chi connectivity index (χ4n) is 3.86. The number of carbonyl (C=O) groups is 1. The first-order chi connectivity index (χ1) is 14.6. The summed E-state index contributed by atoms with van der Waals surface area (Å²) in [5, 5.41) is 5.34. The third kappa shape index (κ3) is 3.17. The number of pyridine rings is 1. The van der Waals surface area contributed by atoms with Gasteiger partial charge in [0.1, 0.15) is 0 Å². The van der Waals surface area contributed by atoms with Crippen molar-refractivity contribution in [3.8, 4) is 11.3 Å². The Hall–Kier alpha value is -3.12. The Bertz CT molecular complexity index is 1230. The number of rotatable bonds is 3. The van der Waals surface area contributed by atoms with E-state index in [1.807, 2.05) is 64.2 Å². The summed E-state index contributed by atoms with van der Waals surface area (Å²) in [6, 6.07) is 20.2. The summed E-state index contributed by atoms with van der Waals surface area (Å²) in [5.41, 5.74) is 4.14. The van der Waals surface area contributed by atoms with E-state index in [2.05, 4.69) is 25.0 Å². The molecule has 4 aromatic rings. The van der Waals surface area contributed by atoms with Crippen molar-refractivity contribution in [3.63, 3.8) is 0 Å². The van der Waals surface area contributed by atoms with Gasteiger partial charge in [-0.1, -0.05) is 42.5 Å². The van der Waals surface area contributed by atoms with Crippen molar-refractivity contribution in [2.75, 3.05) is 17.2 Å². The number of aromatic nitrogens is 3. The molecule has 0 aliphatic carbocycles. The van der Waals surface area contributed by atoms with Crippen molar-refractivity contribution in [2.45, 2.75) is 24.8 Å². The van der Waals surface area contributed by atoms with E-state index < -0.39 is 0 Å². The molecule has 1 aliphatic rings. The third-order valence-corrected chi connectivity index (χ3v) is 6.37. The fourth-order valence-corrected chi connectivity index (χ4v) is 4.85. The minimum Gasteiger partial charge on any atom is -0.306 e. The first kappa shape index (κ1) is 18.9. The van der Waals surface area contributed by atoms with Crippen LogP contribution < -0.4 is 4.90 Å². The highest BCUT2D eigenvalue weighted by Crippen LogP contribution is 2.36. The predicted molar refractivity (Wildman–Crippen MR) is 122 cm³/mol. The number of nitrogens with zero attached hydrogens (tertiary/aromatic N) is 4. The summed E-state index contributed by atoms with van der Waals surface area (Å²) in [6.07, 6.45) is 1.77. The molecule has 3 heterocycles. The van der Waals surface area contributed by atoms with Crippen LogP contribution in [0.2, 0.25) is 0 Å². The molecule has 0 saturated heterocycles. The highest BCUT2D eigenvalue weighted by molar-refractivity contribution is 7.99. The molecule has 1 amide bonds. The molecule has 0 bridgehead atoms. The maximum Gasteiger partial charge on any atom is 0.259 e. The molecule has 2 aromatic heterocycles. The molecular formula is C24H22N4OS. The predicted octanol–water partition coefficient (Wildman–Crippen LogP) is 5.43. The number of hydrogen-bond donors (Lipinski definition) is 0. The quantitative estimate of drug-likeness (QED) is 0.448. The van der Waals surface area contributed by atoms with Gasteiger partial charge in [0.25, 0.3) is 5.91 Å². The van der Waals surface area contributed by atoms with Gasteiger partial charge in [0.05, 0.1) is 28.5 Å². The van der Waals surface area contributed by atoms with Crippen LogP contribution in [0.3, 0.4) is 0 Å². The highest BCUT2D eigenvalue weighted by Gasteiger charge is 2.27. The molecule has 5 nitrogen and oxygen atoms in total. The molecule has 6 heteroatoms. The maximum absolute atomic E-state index is 13.8. The second-order valence-electron chi connectivity index (χ2n) is 7.61. The van der Waals surface area contributed by atoms with Crippen LogP contribution in [-0.4, -0.2) is 33.0 Å². The first-order valence-corrected chi connectivity index (χ1v) is 11.1. The first-order valence-electron chi connectivity index (χ1n) is 10.1. The van der Waals surface area contributed by atoms with Gasteiger partial charge in [-0.25, -0.2) is 9.67 Å². The Kier molecular flexibility index (Phi) is 4.79. The highest BCUT2D eigenvalue weighted by atomic mass is 32.2. The zero-order chi connectivity index (χ0) is 20.7. The average Bonchev–Trinajstić information content (AvgIpc) is 3.22. The lowest BCUT2D eigenvalue weighted by Gasteiger charge is -2.29. The summed E-state index contributed by atoms with van der Waals surface area (Å²) in [7, 11) is 0. The number of thioether (sulfide) groups is 1. The zero-order valence-electron chi connectivity index (χ0n) is 16.9. The zero-order valence-corrected chi connectivity index (χ0v) is 17.8. The lowest BCUT2D eigenvalue weighted by atomic mass is 10.1. The van der Waals surface area contributed by atoms with Gasteiger partial charge in [0.2, 0.25) is 0 Å². The SMILES string of the molecule is CC(C)n1ncc2c(C(=O)N3CCSc4ccccc43)cc(-c3ccccc3)nc21. The Balaban J connectivity index is 1.70. The molecule has 2 aromatic carbocycles. The van der Waals surface area contributed by atoms with E-state index in [0.717, 1.165) is 38.6 Å². The molecular weight excluding hydrogens is 392 g/mol. The summed E-state index contributed by atoms with van der Waals surface area (Å²) >= 11 is 1.79. The van der Waals surface area contributed by atoms with E-state index >= 15 is 0 Å². The standard InChI is InChI=1S/C24H22N4OS/c1-16(2)28-23-19(15-25-28)18(14-20(26-23)17-8-4-3-5-9-17)24(29)27-12-13-30-22-11-7-6-10-21(22)27/h3-11,14-16H,12-13H2,1-2H3. The van der Waals surface area contributed by atoms with Crippen molar-refractivity contribution in [1.29, 1.82) is 0 Å². The monoisotopic (exact) mass is 414 g/mol. The number of carbonyl (C=O) groups excluding carboxylic acids is 1. The number of benzene rings is 2. The van der Waals surface area contributed by atoms with Gasteiger partial charge in [0, 0.05) is 28.8 Å². The maximum atomic E-state index is 13.8. The van der Waals surface area contributed by atoms with E-state index in [1.165, 1.54) is 0 Å². The van der Waals surface area contributed by atoms with Gasteiger partial charge in [0.15, 0.2) is 5.65 Å². The van der Waals surface area contributed by atoms with Crippen molar-refractivity contribution < 1.29 is 4.79 Å². The summed E-state index contributed by atoms with van der Waals surface area (Å²) in [4.78, 5) is 21.7. The molecule has 0 unspecified atom stereocenters. The van der Waals surface area contributed by atoms with Gasteiger partial charge in [-0.3, -0.25) is 4.79 Å². The van der Waals surface area contributed by atoms with Crippen LogP contribution >= 0.6 is 11.8 Å². The van der Waals surface area contributed by atoms with Crippen LogP contribution in [0.1, 0.15) is 30.2 Å². The molecule has 0 saturated carbocycles. The molecule has 0 fully saturated rings. The topological polar surface area (TPSA) is 51.0 Å². The number of hydrogen-bond acceptors (Lipinski definition) is 4. The van der Waals surface area contributed by atoms with E-state index in [0.29, 0.717) is 12.1 Å². The largest absolute Gasteiger partial charge is 0.306 e. The lowest BCUT2D eigenvalue weighted by molar-refractivity contribution is 0.0989. The fraction of sp³-hybridized carbons (Fsp3) is 0.208. The van der Waals surface area contributed by atoms with Gasteiger partial charge < -0.3 is 4.90 Å². The van der Waals surface area contributed by atoms with Crippen molar-refractivity contribution >= 4 is 34.4 Å². The van der Waals surface area contributed by atoms with E-state index in [4.69, 9.17) is 4.98 Å². The summed E-state index contributed by atoms with van der Waals surface area (Å²) in [5.74, 6) is 0.879. The Labute approximate surface area is 179 Å². The van der Waals surface area contributed by atoms with Crippen LogP contribution in [0, 0.1) is 0 Å². The number of fused-ring (bicyclic) bond motifs is 2. The van der Waals surface area contributed by atoms with Crippen LogP contribution in [-0.2, 0) is 0 Å². The summed E-state index contributed by atoms with van der Waals surface area (Å²) in [6.45, 7) is 4.83. The van der Waals surface area contributed by atoms with Gasteiger partial charge >= 0.3 is 0 Å². The van der Waals surface area contributed by atoms with E-state index in [-0.39, 0.29) is 11.9 Å². The second kappa shape index (κ2) is 7.61. The van der Waals surface area contributed by atoms with Gasteiger partial charge in [-0.15, -0.1) is 11.8 Å². The number of amides is 1. The van der Waals surface area contributed by atoms with Crippen molar-refractivity contribution in [3.05, 3.63) is 72.4 Å².